The largest absolute Gasteiger partial charge is 0.369 e. The second kappa shape index (κ2) is 5.74. The van der Waals surface area contributed by atoms with Gasteiger partial charge in [-0.1, -0.05) is 23.7 Å². The Labute approximate surface area is 117 Å². The standard InChI is InChI=1S/C14H17ClN2S/c1-10-3-4-11(8-16)13(7-10)17(2)9-12-5-6-14(15)18-12/h3-7H,8-9,16H2,1-2H3. The van der Waals surface area contributed by atoms with Crippen LogP contribution in [0.15, 0.2) is 30.3 Å². The van der Waals surface area contributed by atoms with E-state index in [1.807, 2.05) is 6.07 Å². The van der Waals surface area contributed by atoms with Crippen molar-refractivity contribution in [1.82, 2.24) is 0 Å². The fourth-order valence-electron chi connectivity index (χ4n) is 1.96. The molecule has 2 N–H and O–H groups in total. The molecule has 0 radical (unpaired) electrons. The Morgan fingerprint density at radius 3 is 2.67 bits per heavy atom. The first-order valence-electron chi connectivity index (χ1n) is 5.85. The molecule has 18 heavy (non-hydrogen) atoms. The summed E-state index contributed by atoms with van der Waals surface area (Å²) in [6.07, 6.45) is 0. The monoisotopic (exact) mass is 280 g/mol. The van der Waals surface area contributed by atoms with Gasteiger partial charge in [0.05, 0.1) is 10.9 Å². The summed E-state index contributed by atoms with van der Waals surface area (Å²) < 4.78 is 0.835. The van der Waals surface area contributed by atoms with E-state index in [1.165, 1.54) is 21.7 Å². The summed E-state index contributed by atoms with van der Waals surface area (Å²) in [6, 6.07) is 10.4. The zero-order valence-corrected chi connectivity index (χ0v) is 12.2. The van der Waals surface area contributed by atoms with Crippen LogP contribution in [0.5, 0.6) is 0 Å². The van der Waals surface area contributed by atoms with E-state index in [1.54, 1.807) is 11.3 Å². The Balaban J connectivity index is 2.22. The van der Waals surface area contributed by atoms with E-state index in [4.69, 9.17) is 17.3 Å². The van der Waals surface area contributed by atoms with Gasteiger partial charge in [-0.05, 0) is 36.2 Å². The van der Waals surface area contributed by atoms with Crippen LogP contribution in [0.25, 0.3) is 0 Å². The predicted molar refractivity (Wildman–Crippen MR) is 80.5 cm³/mol. The molecular weight excluding hydrogens is 264 g/mol. The Morgan fingerprint density at radius 2 is 2.06 bits per heavy atom. The minimum absolute atomic E-state index is 0.561. The molecule has 0 aliphatic rings. The third-order valence-electron chi connectivity index (χ3n) is 2.89. The van der Waals surface area contributed by atoms with Gasteiger partial charge in [0.1, 0.15) is 0 Å². The van der Waals surface area contributed by atoms with E-state index < -0.39 is 0 Å². The lowest BCUT2D eigenvalue weighted by Gasteiger charge is -2.22. The van der Waals surface area contributed by atoms with Crippen LogP contribution in [0.3, 0.4) is 0 Å². The predicted octanol–water partition coefficient (Wildman–Crippen LogP) is 3.81. The quantitative estimate of drug-likeness (QED) is 0.923. The molecule has 0 saturated carbocycles. The topological polar surface area (TPSA) is 29.3 Å². The summed E-state index contributed by atoms with van der Waals surface area (Å²) in [5, 5.41) is 0. The second-order valence-electron chi connectivity index (χ2n) is 4.40. The van der Waals surface area contributed by atoms with Gasteiger partial charge in [-0.15, -0.1) is 11.3 Å². The molecule has 0 saturated heterocycles. The average molecular weight is 281 g/mol. The Hall–Kier alpha value is -1.03. The van der Waals surface area contributed by atoms with Crippen molar-refractivity contribution in [2.45, 2.75) is 20.0 Å². The van der Waals surface area contributed by atoms with Crippen LogP contribution in [0.1, 0.15) is 16.0 Å². The highest BCUT2D eigenvalue weighted by Gasteiger charge is 2.08. The fraction of sp³-hybridized carbons (Fsp3) is 0.286. The summed E-state index contributed by atoms with van der Waals surface area (Å²) in [4.78, 5) is 3.48. The van der Waals surface area contributed by atoms with Gasteiger partial charge >= 0.3 is 0 Å². The number of anilines is 1. The van der Waals surface area contributed by atoms with Crippen molar-refractivity contribution in [3.8, 4) is 0 Å². The maximum absolute atomic E-state index is 5.95. The highest BCUT2D eigenvalue weighted by atomic mass is 35.5. The average Bonchev–Trinajstić information content (AvgIpc) is 2.74. The molecule has 2 nitrogen and oxygen atoms in total. The molecule has 0 bridgehead atoms. The second-order valence-corrected chi connectivity index (χ2v) is 6.20. The lowest BCUT2D eigenvalue weighted by atomic mass is 10.1. The van der Waals surface area contributed by atoms with Crippen molar-refractivity contribution >= 4 is 28.6 Å². The van der Waals surface area contributed by atoms with Crippen molar-refractivity contribution in [2.24, 2.45) is 5.73 Å². The van der Waals surface area contributed by atoms with Gasteiger partial charge < -0.3 is 10.6 Å². The molecule has 2 rings (SSSR count). The number of thiophene rings is 1. The summed E-state index contributed by atoms with van der Waals surface area (Å²) in [5.41, 5.74) is 9.41. The van der Waals surface area contributed by atoms with Crippen LogP contribution in [-0.4, -0.2) is 7.05 Å². The maximum Gasteiger partial charge on any atom is 0.0931 e. The summed E-state index contributed by atoms with van der Waals surface area (Å²) in [7, 11) is 2.08. The maximum atomic E-state index is 5.95. The summed E-state index contributed by atoms with van der Waals surface area (Å²) >= 11 is 7.57. The molecule has 1 aromatic heterocycles. The van der Waals surface area contributed by atoms with Crippen molar-refractivity contribution in [3.05, 3.63) is 50.7 Å². The molecule has 0 amide bonds. The zero-order chi connectivity index (χ0) is 13.1. The smallest absolute Gasteiger partial charge is 0.0931 e. The highest BCUT2D eigenvalue weighted by Crippen LogP contribution is 2.26. The molecule has 1 aromatic carbocycles. The number of nitrogens with zero attached hydrogens (tertiary/aromatic N) is 1. The fourth-order valence-corrected chi connectivity index (χ4v) is 3.10. The Bertz CT molecular complexity index is 536. The van der Waals surface area contributed by atoms with Crippen LogP contribution in [0, 0.1) is 6.92 Å². The van der Waals surface area contributed by atoms with Gasteiger partial charge in [0.25, 0.3) is 0 Å². The molecule has 1 heterocycles. The number of rotatable bonds is 4. The van der Waals surface area contributed by atoms with Crippen molar-refractivity contribution in [1.29, 1.82) is 0 Å². The van der Waals surface area contributed by atoms with Crippen molar-refractivity contribution in [3.63, 3.8) is 0 Å². The molecule has 0 aliphatic carbocycles. The number of aryl methyl sites for hydroxylation is 1. The zero-order valence-electron chi connectivity index (χ0n) is 10.6. The molecular formula is C14H17ClN2S. The van der Waals surface area contributed by atoms with Crippen LogP contribution in [0.2, 0.25) is 4.34 Å². The SMILES string of the molecule is Cc1ccc(CN)c(N(C)Cc2ccc(Cl)s2)c1. The molecule has 0 spiro atoms. The molecule has 0 aliphatic heterocycles. The first kappa shape index (κ1) is 13.4. The number of hydrogen-bond acceptors (Lipinski definition) is 3. The first-order chi connectivity index (χ1) is 8.60. The molecule has 4 heteroatoms. The number of benzene rings is 1. The van der Waals surface area contributed by atoms with E-state index in [2.05, 4.69) is 43.1 Å². The minimum atomic E-state index is 0.561. The van der Waals surface area contributed by atoms with E-state index in [0.29, 0.717) is 6.54 Å². The summed E-state index contributed by atoms with van der Waals surface area (Å²) in [6.45, 7) is 3.51. The number of halogens is 1. The third-order valence-corrected chi connectivity index (χ3v) is 4.11. The first-order valence-corrected chi connectivity index (χ1v) is 7.04. The lowest BCUT2D eigenvalue weighted by molar-refractivity contribution is 0.916. The Kier molecular flexibility index (Phi) is 4.27. The van der Waals surface area contributed by atoms with E-state index in [-0.39, 0.29) is 0 Å². The van der Waals surface area contributed by atoms with Gasteiger partial charge in [-0.2, -0.15) is 0 Å². The van der Waals surface area contributed by atoms with Crippen molar-refractivity contribution < 1.29 is 0 Å². The highest BCUT2D eigenvalue weighted by molar-refractivity contribution is 7.16. The van der Waals surface area contributed by atoms with Gasteiger partial charge in [0, 0.05) is 24.2 Å². The normalized spacial score (nSPS) is 10.7. The molecule has 2 aromatic rings. The summed E-state index contributed by atoms with van der Waals surface area (Å²) in [5.74, 6) is 0. The van der Waals surface area contributed by atoms with E-state index in [9.17, 15) is 0 Å². The van der Waals surface area contributed by atoms with Crippen LogP contribution in [0.4, 0.5) is 5.69 Å². The van der Waals surface area contributed by atoms with E-state index in [0.717, 1.165) is 10.9 Å². The lowest BCUT2D eigenvalue weighted by Crippen LogP contribution is -2.18. The van der Waals surface area contributed by atoms with E-state index >= 15 is 0 Å². The van der Waals surface area contributed by atoms with Crippen LogP contribution >= 0.6 is 22.9 Å². The Morgan fingerprint density at radius 1 is 1.28 bits per heavy atom. The van der Waals surface area contributed by atoms with Gasteiger partial charge in [0.15, 0.2) is 0 Å². The molecule has 96 valence electrons. The molecule has 0 fully saturated rings. The minimum Gasteiger partial charge on any atom is -0.369 e. The third kappa shape index (κ3) is 3.05. The van der Waals surface area contributed by atoms with Crippen molar-refractivity contribution in [2.75, 3.05) is 11.9 Å². The molecule has 0 unspecified atom stereocenters. The number of nitrogens with two attached hydrogens (primary N) is 1. The van der Waals surface area contributed by atoms with Crippen LogP contribution in [-0.2, 0) is 13.1 Å². The number of hydrogen-bond donors (Lipinski definition) is 1. The molecule has 0 atom stereocenters. The van der Waals surface area contributed by atoms with Gasteiger partial charge in [-0.25, -0.2) is 0 Å². The van der Waals surface area contributed by atoms with Crippen LogP contribution < -0.4 is 10.6 Å². The van der Waals surface area contributed by atoms with Gasteiger partial charge in [0.2, 0.25) is 0 Å². The van der Waals surface area contributed by atoms with Gasteiger partial charge in [-0.3, -0.25) is 0 Å².